The van der Waals surface area contributed by atoms with E-state index in [4.69, 9.17) is 8.94 Å². The Labute approximate surface area is 144 Å². The highest BCUT2D eigenvalue weighted by molar-refractivity contribution is 7.99. The molecule has 8 heteroatoms. The second-order valence-electron chi connectivity index (χ2n) is 5.26. The first-order valence-corrected chi connectivity index (χ1v) is 8.59. The number of thioether (sulfide) groups is 1. The van der Waals surface area contributed by atoms with Crippen LogP contribution in [0.4, 0.5) is 0 Å². The van der Waals surface area contributed by atoms with E-state index in [-0.39, 0.29) is 5.25 Å². The molecule has 0 bridgehead atoms. The summed E-state index contributed by atoms with van der Waals surface area (Å²) in [6, 6.07) is 1.89. The first-order chi connectivity index (χ1) is 11.6. The molecule has 3 aromatic heterocycles. The maximum Gasteiger partial charge on any atom is 0.239 e. The number of hydrogen-bond donors (Lipinski definition) is 0. The van der Waals surface area contributed by atoms with Crippen LogP contribution in [0.15, 0.2) is 39.1 Å². The van der Waals surface area contributed by atoms with Crippen molar-refractivity contribution in [2.75, 3.05) is 0 Å². The fourth-order valence-electron chi connectivity index (χ4n) is 2.27. The number of aryl methyl sites for hydroxylation is 2. The lowest BCUT2D eigenvalue weighted by Crippen LogP contribution is -2.02. The van der Waals surface area contributed by atoms with Crippen LogP contribution < -0.4 is 0 Å². The minimum Gasteiger partial charge on any atom is -0.469 e. The number of allylic oxidation sites excluding steroid dienone is 1. The van der Waals surface area contributed by atoms with Gasteiger partial charge >= 0.3 is 0 Å². The van der Waals surface area contributed by atoms with E-state index in [1.165, 1.54) is 11.8 Å². The van der Waals surface area contributed by atoms with E-state index in [0.717, 1.165) is 28.7 Å². The monoisotopic (exact) mass is 345 g/mol. The van der Waals surface area contributed by atoms with Crippen molar-refractivity contribution < 1.29 is 8.94 Å². The Balaban J connectivity index is 1.89. The van der Waals surface area contributed by atoms with Gasteiger partial charge in [-0.25, -0.2) is 0 Å². The molecule has 0 aliphatic heterocycles. The Morgan fingerprint density at radius 3 is 2.88 bits per heavy atom. The SMILES string of the molecule is C=CCn1c(SC(C)c2nc(CC)no2)nnc1-c1ccoc1C. The molecule has 0 aromatic carbocycles. The van der Waals surface area contributed by atoms with Crippen LogP contribution in [0.1, 0.15) is 36.6 Å². The second-order valence-corrected chi connectivity index (χ2v) is 6.57. The van der Waals surface area contributed by atoms with Gasteiger partial charge in [-0.3, -0.25) is 4.57 Å². The lowest BCUT2D eigenvalue weighted by molar-refractivity contribution is 0.375. The molecule has 0 aliphatic carbocycles. The molecule has 0 saturated carbocycles. The van der Waals surface area contributed by atoms with Gasteiger partial charge in [-0.15, -0.1) is 16.8 Å². The van der Waals surface area contributed by atoms with Gasteiger partial charge in [0.15, 0.2) is 16.8 Å². The molecule has 0 spiro atoms. The van der Waals surface area contributed by atoms with Crippen LogP contribution in [0.25, 0.3) is 11.4 Å². The van der Waals surface area contributed by atoms with Crippen LogP contribution >= 0.6 is 11.8 Å². The molecule has 7 nitrogen and oxygen atoms in total. The number of hydrogen-bond acceptors (Lipinski definition) is 7. The average molecular weight is 345 g/mol. The van der Waals surface area contributed by atoms with Gasteiger partial charge in [0.05, 0.1) is 17.1 Å². The molecule has 3 heterocycles. The molecule has 0 amide bonds. The molecule has 126 valence electrons. The van der Waals surface area contributed by atoms with Gasteiger partial charge in [-0.05, 0) is 19.9 Å². The largest absolute Gasteiger partial charge is 0.469 e. The van der Waals surface area contributed by atoms with E-state index in [1.807, 2.05) is 37.5 Å². The molecule has 0 aliphatic rings. The fraction of sp³-hybridized carbons (Fsp3) is 0.375. The van der Waals surface area contributed by atoms with Gasteiger partial charge < -0.3 is 8.94 Å². The zero-order valence-corrected chi connectivity index (χ0v) is 14.7. The third kappa shape index (κ3) is 3.14. The van der Waals surface area contributed by atoms with Crippen molar-refractivity contribution in [3.8, 4) is 11.4 Å². The predicted octanol–water partition coefficient (Wildman–Crippen LogP) is 3.83. The van der Waals surface area contributed by atoms with Crippen molar-refractivity contribution in [1.29, 1.82) is 0 Å². The summed E-state index contributed by atoms with van der Waals surface area (Å²) >= 11 is 1.53. The van der Waals surface area contributed by atoms with Crippen LogP contribution in [0.2, 0.25) is 0 Å². The van der Waals surface area contributed by atoms with Gasteiger partial charge in [-0.2, -0.15) is 4.98 Å². The molecule has 3 aromatic rings. The van der Waals surface area contributed by atoms with Crippen molar-refractivity contribution in [1.82, 2.24) is 24.9 Å². The van der Waals surface area contributed by atoms with E-state index in [9.17, 15) is 0 Å². The quantitative estimate of drug-likeness (QED) is 0.475. The van der Waals surface area contributed by atoms with Crippen LogP contribution in [-0.2, 0) is 13.0 Å². The Bertz CT molecular complexity index is 835. The Hall–Kier alpha value is -2.35. The van der Waals surface area contributed by atoms with Gasteiger partial charge in [0, 0.05) is 13.0 Å². The third-order valence-corrected chi connectivity index (χ3v) is 4.63. The fourth-order valence-corrected chi connectivity index (χ4v) is 3.16. The van der Waals surface area contributed by atoms with Gasteiger partial charge in [0.2, 0.25) is 5.89 Å². The van der Waals surface area contributed by atoms with Gasteiger partial charge in [0.1, 0.15) is 5.76 Å². The van der Waals surface area contributed by atoms with Gasteiger partial charge in [-0.1, -0.05) is 29.9 Å². The Kier molecular flexibility index (Phi) is 4.84. The molecule has 0 saturated heterocycles. The second kappa shape index (κ2) is 7.04. The summed E-state index contributed by atoms with van der Waals surface area (Å²) in [6.07, 6.45) is 4.22. The van der Waals surface area contributed by atoms with Crippen LogP contribution in [-0.4, -0.2) is 24.9 Å². The Morgan fingerprint density at radius 2 is 2.25 bits per heavy atom. The van der Waals surface area contributed by atoms with Crippen LogP contribution in [0, 0.1) is 6.92 Å². The van der Waals surface area contributed by atoms with Crippen molar-refractivity contribution in [3.63, 3.8) is 0 Å². The number of rotatable bonds is 7. The standard InChI is InChI=1S/C16H19N5O2S/c1-5-8-21-14(12-7-9-22-10(12)3)18-19-16(21)24-11(4)15-17-13(6-2)20-23-15/h5,7,9,11H,1,6,8H2,2-4H3. The topological polar surface area (TPSA) is 82.8 Å². The summed E-state index contributed by atoms with van der Waals surface area (Å²) in [6.45, 7) is 10.3. The minimum atomic E-state index is -0.0242. The predicted molar refractivity (Wildman–Crippen MR) is 90.6 cm³/mol. The Morgan fingerprint density at radius 1 is 1.42 bits per heavy atom. The highest BCUT2D eigenvalue weighted by Crippen LogP contribution is 2.35. The van der Waals surface area contributed by atoms with Crippen LogP contribution in [0.5, 0.6) is 0 Å². The maximum atomic E-state index is 5.38. The first-order valence-electron chi connectivity index (χ1n) is 7.71. The molecular weight excluding hydrogens is 326 g/mol. The highest BCUT2D eigenvalue weighted by atomic mass is 32.2. The molecule has 1 unspecified atom stereocenters. The molecule has 0 N–H and O–H groups in total. The van der Waals surface area contributed by atoms with E-state index in [1.54, 1.807) is 6.26 Å². The molecule has 0 radical (unpaired) electrons. The van der Waals surface area contributed by atoms with Crippen molar-refractivity contribution in [2.45, 2.75) is 44.1 Å². The zero-order valence-electron chi connectivity index (χ0n) is 13.9. The van der Waals surface area contributed by atoms with E-state index >= 15 is 0 Å². The normalized spacial score (nSPS) is 12.5. The number of aromatic nitrogens is 5. The van der Waals surface area contributed by atoms with Crippen LogP contribution in [0.3, 0.4) is 0 Å². The lowest BCUT2D eigenvalue weighted by atomic mass is 10.2. The molecule has 24 heavy (non-hydrogen) atoms. The summed E-state index contributed by atoms with van der Waals surface area (Å²) in [5.74, 6) is 2.86. The summed E-state index contributed by atoms with van der Waals surface area (Å²) < 4.78 is 12.7. The first kappa shape index (κ1) is 16.5. The van der Waals surface area contributed by atoms with E-state index in [2.05, 4.69) is 26.9 Å². The van der Waals surface area contributed by atoms with Crippen molar-refractivity contribution in [2.24, 2.45) is 0 Å². The molecule has 0 fully saturated rings. The highest BCUT2D eigenvalue weighted by Gasteiger charge is 2.21. The van der Waals surface area contributed by atoms with Crippen molar-refractivity contribution >= 4 is 11.8 Å². The smallest absolute Gasteiger partial charge is 0.239 e. The third-order valence-electron chi connectivity index (χ3n) is 3.56. The van der Waals surface area contributed by atoms with Crippen molar-refractivity contribution in [3.05, 3.63) is 42.5 Å². The molecular formula is C16H19N5O2S. The average Bonchev–Trinajstić information content (AvgIpc) is 3.28. The summed E-state index contributed by atoms with van der Waals surface area (Å²) in [5, 5.41) is 13.3. The summed E-state index contributed by atoms with van der Waals surface area (Å²) in [5.41, 5.74) is 0.926. The van der Waals surface area contributed by atoms with E-state index < -0.39 is 0 Å². The van der Waals surface area contributed by atoms with E-state index in [0.29, 0.717) is 18.3 Å². The molecule has 1 atom stereocenters. The lowest BCUT2D eigenvalue weighted by Gasteiger charge is -2.09. The summed E-state index contributed by atoms with van der Waals surface area (Å²) in [4.78, 5) is 4.38. The minimum absolute atomic E-state index is 0.0242. The number of nitrogens with zero attached hydrogens (tertiary/aromatic N) is 5. The zero-order chi connectivity index (χ0) is 17.1. The summed E-state index contributed by atoms with van der Waals surface area (Å²) in [7, 11) is 0. The van der Waals surface area contributed by atoms with Gasteiger partial charge in [0.25, 0.3) is 0 Å². The maximum absolute atomic E-state index is 5.38. The molecule has 3 rings (SSSR count). The number of furan rings is 1.